The number of aryl methyl sites for hydroxylation is 1. The van der Waals surface area contributed by atoms with Crippen LogP contribution in [0.3, 0.4) is 0 Å². The van der Waals surface area contributed by atoms with Crippen molar-refractivity contribution in [2.75, 3.05) is 25.5 Å². The second-order valence-electron chi connectivity index (χ2n) is 5.71. The molecule has 0 bridgehead atoms. The lowest BCUT2D eigenvalue weighted by atomic mass is 9.81. The fourth-order valence-corrected chi connectivity index (χ4v) is 3.57. The van der Waals surface area contributed by atoms with Crippen molar-refractivity contribution in [3.8, 4) is 5.75 Å². The summed E-state index contributed by atoms with van der Waals surface area (Å²) in [6, 6.07) is 3.86. The molecule has 1 fully saturated rings. The van der Waals surface area contributed by atoms with E-state index >= 15 is 0 Å². The first-order chi connectivity index (χ1) is 10.0. The standard InChI is InChI=1S/C16H23BrN2O2/c1-4-5-16(6-7-18-10-16)15(20)19-14-11(2)8-12(17)9-13(14)21-3/h8-9,18H,4-7,10H2,1-3H3,(H,19,20). The smallest absolute Gasteiger partial charge is 0.232 e. The van der Waals surface area contributed by atoms with E-state index in [9.17, 15) is 4.79 Å². The van der Waals surface area contributed by atoms with Crippen LogP contribution in [0, 0.1) is 12.3 Å². The number of anilines is 1. The molecule has 116 valence electrons. The van der Waals surface area contributed by atoms with Gasteiger partial charge in [-0.1, -0.05) is 29.3 Å². The molecule has 1 saturated heterocycles. The molecule has 1 aliphatic rings. The topological polar surface area (TPSA) is 50.4 Å². The third-order valence-corrected chi connectivity index (χ3v) is 4.63. The Morgan fingerprint density at radius 1 is 1.52 bits per heavy atom. The minimum atomic E-state index is -0.292. The molecule has 5 heteroatoms. The van der Waals surface area contributed by atoms with Gasteiger partial charge < -0.3 is 15.4 Å². The number of hydrogen-bond donors (Lipinski definition) is 2. The zero-order chi connectivity index (χ0) is 15.5. The first kappa shape index (κ1) is 16.3. The highest BCUT2D eigenvalue weighted by Crippen LogP contribution is 2.36. The molecule has 1 unspecified atom stereocenters. The van der Waals surface area contributed by atoms with Crippen LogP contribution in [0.2, 0.25) is 0 Å². The summed E-state index contributed by atoms with van der Waals surface area (Å²) in [6.07, 6.45) is 2.81. The molecule has 0 spiro atoms. The fraction of sp³-hybridized carbons (Fsp3) is 0.562. The largest absolute Gasteiger partial charge is 0.495 e. The van der Waals surface area contributed by atoms with Crippen LogP contribution in [0.5, 0.6) is 5.75 Å². The van der Waals surface area contributed by atoms with E-state index in [1.54, 1.807) is 7.11 Å². The Kier molecular flexibility index (Phi) is 5.27. The van der Waals surface area contributed by atoms with Gasteiger partial charge in [0.25, 0.3) is 0 Å². The Bertz CT molecular complexity index is 525. The predicted molar refractivity (Wildman–Crippen MR) is 88.9 cm³/mol. The van der Waals surface area contributed by atoms with Crippen LogP contribution < -0.4 is 15.4 Å². The minimum Gasteiger partial charge on any atom is -0.495 e. The van der Waals surface area contributed by atoms with Crippen molar-refractivity contribution in [2.45, 2.75) is 33.1 Å². The Hall–Kier alpha value is -1.07. The van der Waals surface area contributed by atoms with Gasteiger partial charge in [0.15, 0.2) is 0 Å². The molecular formula is C16H23BrN2O2. The molecule has 1 atom stereocenters. The van der Waals surface area contributed by atoms with Gasteiger partial charge in [-0.05, 0) is 44.0 Å². The zero-order valence-corrected chi connectivity index (χ0v) is 14.5. The average Bonchev–Trinajstić information content (AvgIpc) is 2.91. The normalized spacial score (nSPS) is 21.3. The second-order valence-corrected chi connectivity index (χ2v) is 6.63. The number of methoxy groups -OCH3 is 1. The molecule has 1 heterocycles. The summed E-state index contributed by atoms with van der Waals surface area (Å²) in [5, 5.41) is 6.42. The average molecular weight is 355 g/mol. The van der Waals surface area contributed by atoms with Gasteiger partial charge in [0.2, 0.25) is 5.91 Å². The molecule has 0 radical (unpaired) electrons. The number of amides is 1. The molecule has 2 N–H and O–H groups in total. The van der Waals surface area contributed by atoms with Crippen LogP contribution in [0.4, 0.5) is 5.69 Å². The third-order valence-electron chi connectivity index (χ3n) is 4.18. The lowest BCUT2D eigenvalue weighted by Gasteiger charge is -2.27. The van der Waals surface area contributed by atoms with Crippen molar-refractivity contribution >= 4 is 27.5 Å². The van der Waals surface area contributed by atoms with Gasteiger partial charge in [0.1, 0.15) is 5.75 Å². The number of rotatable bonds is 5. The SMILES string of the molecule is CCCC1(C(=O)Nc2c(C)cc(Br)cc2OC)CCNC1. The highest BCUT2D eigenvalue weighted by Gasteiger charge is 2.40. The number of carbonyl (C=O) groups is 1. The summed E-state index contributed by atoms with van der Waals surface area (Å²) < 4.78 is 6.35. The van der Waals surface area contributed by atoms with Gasteiger partial charge in [0.05, 0.1) is 18.2 Å². The Morgan fingerprint density at radius 3 is 2.86 bits per heavy atom. The highest BCUT2D eigenvalue weighted by atomic mass is 79.9. The maximum absolute atomic E-state index is 12.8. The molecule has 1 aliphatic heterocycles. The number of carbonyl (C=O) groups excluding carboxylic acids is 1. The van der Waals surface area contributed by atoms with Crippen molar-refractivity contribution in [2.24, 2.45) is 5.41 Å². The number of nitrogens with one attached hydrogen (secondary N) is 2. The van der Waals surface area contributed by atoms with E-state index in [4.69, 9.17) is 4.74 Å². The second kappa shape index (κ2) is 6.79. The van der Waals surface area contributed by atoms with E-state index in [2.05, 4.69) is 33.5 Å². The fourth-order valence-electron chi connectivity index (χ4n) is 3.02. The molecule has 0 saturated carbocycles. The lowest BCUT2D eigenvalue weighted by Crippen LogP contribution is -2.38. The van der Waals surface area contributed by atoms with Crippen LogP contribution in [-0.4, -0.2) is 26.1 Å². The maximum Gasteiger partial charge on any atom is 0.232 e. The van der Waals surface area contributed by atoms with Crippen molar-refractivity contribution < 1.29 is 9.53 Å². The van der Waals surface area contributed by atoms with Crippen LogP contribution in [0.25, 0.3) is 0 Å². The van der Waals surface area contributed by atoms with Gasteiger partial charge in [-0.3, -0.25) is 4.79 Å². The van der Waals surface area contributed by atoms with Gasteiger partial charge >= 0.3 is 0 Å². The summed E-state index contributed by atoms with van der Waals surface area (Å²) >= 11 is 3.45. The predicted octanol–water partition coefficient (Wildman–Crippen LogP) is 3.48. The first-order valence-electron chi connectivity index (χ1n) is 7.39. The molecule has 1 amide bonds. The van der Waals surface area contributed by atoms with Crippen molar-refractivity contribution in [3.63, 3.8) is 0 Å². The third kappa shape index (κ3) is 3.40. The Morgan fingerprint density at radius 2 is 2.29 bits per heavy atom. The minimum absolute atomic E-state index is 0.0954. The molecule has 0 aromatic heterocycles. The molecule has 21 heavy (non-hydrogen) atoms. The van der Waals surface area contributed by atoms with Crippen molar-refractivity contribution in [1.29, 1.82) is 0 Å². The zero-order valence-electron chi connectivity index (χ0n) is 12.9. The lowest BCUT2D eigenvalue weighted by molar-refractivity contribution is -0.125. The number of ether oxygens (including phenoxy) is 1. The summed E-state index contributed by atoms with van der Waals surface area (Å²) in [7, 11) is 1.62. The summed E-state index contributed by atoms with van der Waals surface area (Å²) in [6.45, 7) is 5.76. The van der Waals surface area contributed by atoms with Crippen molar-refractivity contribution in [1.82, 2.24) is 5.32 Å². The number of hydrogen-bond acceptors (Lipinski definition) is 3. The van der Waals surface area contributed by atoms with E-state index < -0.39 is 0 Å². The van der Waals surface area contributed by atoms with Gasteiger partial charge in [-0.25, -0.2) is 0 Å². The summed E-state index contributed by atoms with van der Waals surface area (Å²) in [5.74, 6) is 0.783. The first-order valence-corrected chi connectivity index (χ1v) is 8.18. The summed E-state index contributed by atoms with van der Waals surface area (Å²) in [5.41, 5.74) is 1.47. The molecular weight excluding hydrogens is 332 g/mol. The number of halogens is 1. The molecule has 2 rings (SSSR count). The van der Waals surface area contributed by atoms with E-state index in [1.807, 2.05) is 19.1 Å². The van der Waals surface area contributed by atoms with Gasteiger partial charge in [0, 0.05) is 11.0 Å². The van der Waals surface area contributed by atoms with Crippen LogP contribution in [0.15, 0.2) is 16.6 Å². The van der Waals surface area contributed by atoms with Gasteiger partial charge in [-0.15, -0.1) is 0 Å². The maximum atomic E-state index is 12.8. The van der Waals surface area contributed by atoms with E-state index in [0.29, 0.717) is 5.75 Å². The van der Waals surface area contributed by atoms with Crippen LogP contribution in [0.1, 0.15) is 31.7 Å². The van der Waals surface area contributed by atoms with Crippen LogP contribution >= 0.6 is 15.9 Å². The van der Waals surface area contributed by atoms with E-state index in [-0.39, 0.29) is 11.3 Å². The van der Waals surface area contributed by atoms with Crippen molar-refractivity contribution in [3.05, 3.63) is 22.2 Å². The van der Waals surface area contributed by atoms with Gasteiger partial charge in [-0.2, -0.15) is 0 Å². The highest BCUT2D eigenvalue weighted by molar-refractivity contribution is 9.10. The molecule has 0 aliphatic carbocycles. The molecule has 1 aromatic rings. The molecule has 1 aromatic carbocycles. The summed E-state index contributed by atoms with van der Waals surface area (Å²) in [4.78, 5) is 12.8. The quantitative estimate of drug-likeness (QED) is 0.850. The van der Waals surface area contributed by atoms with Crippen LogP contribution in [-0.2, 0) is 4.79 Å². The van der Waals surface area contributed by atoms with E-state index in [0.717, 1.165) is 48.1 Å². The Labute approximate surface area is 134 Å². The Balaban J connectivity index is 2.26. The number of benzene rings is 1. The monoisotopic (exact) mass is 354 g/mol. The molecule has 4 nitrogen and oxygen atoms in total. The van der Waals surface area contributed by atoms with E-state index in [1.165, 1.54) is 0 Å².